The zero-order valence-electron chi connectivity index (χ0n) is 14.9. The van der Waals surface area contributed by atoms with Crippen molar-refractivity contribution in [3.05, 3.63) is 0 Å². The first-order valence-electron chi connectivity index (χ1n) is 8.67. The Morgan fingerprint density at radius 1 is 1.44 bits per heavy atom. The minimum atomic E-state index is -1.09. The third-order valence-electron chi connectivity index (χ3n) is 6.30. The lowest BCUT2D eigenvalue weighted by Crippen LogP contribution is -2.40. The first-order chi connectivity index (χ1) is 11.7. The van der Waals surface area contributed by atoms with E-state index in [1.54, 1.807) is 13.8 Å². The number of hydrogen-bond donors (Lipinski definition) is 0. The molecule has 1 saturated heterocycles. The van der Waals surface area contributed by atoms with Crippen molar-refractivity contribution in [3.63, 3.8) is 0 Å². The van der Waals surface area contributed by atoms with Crippen LogP contribution in [-0.4, -0.2) is 36.7 Å². The number of carbonyl (C=O) groups is 3. The third-order valence-corrected chi connectivity index (χ3v) is 6.30. The number of carbonyl (C=O) groups excluding carboxylic acids is 3. The molecule has 2 bridgehead atoms. The zero-order chi connectivity index (χ0) is 18.6. The van der Waals surface area contributed by atoms with Crippen LogP contribution in [0.15, 0.2) is 0 Å². The fraction of sp³-hybridized carbons (Fsp3) is 0.778. The Labute approximate surface area is 146 Å². The van der Waals surface area contributed by atoms with Crippen LogP contribution in [0, 0.1) is 39.9 Å². The molecular weight excluding hydrogens is 326 g/mol. The van der Waals surface area contributed by atoms with Crippen molar-refractivity contribution in [1.82, 2.24) is 0 Å². The topological polar surface area (TPSA) is 103 Å². The number of fused-ring (bicyclic) bond motifs is 1. The average Bonchev–Trinajstić information content (AvgIpc) is 3.09. The summed E-state index contributed by atoms with van der Waals surface area (Å²) in [5.41, 5.74) is -1.75. The van der Waals surface area contributed by atoms with Gasteiger partial charge in [-0.3, -0.25) is 9.59 Å². The van der Waals surface area contributed by atoms with Crippen LogP contribution in [0.1, 0.15) is 40.5 Å². The van der Waals surface area contributed by atoms with Gasteiger partial charge >= 0.3 is 17.9 Å². The monoisotopic (exact) mass is 349 g/mol. The van der Waals surface area contributed by atoms with Crippen molar-refractivity contribution in [2.75, 3.05) is 6.61 Å². The van der Waals surface area contributed by atoms with E-state index in [4.69, 9.17) is 14.2 Å². The second-order valence-corrected chi connectivity index (χ2v) is 7.97. The van der Waals surface area contributed by atoms with Gasteiger partial charge in [0.15, 0.2) is 12.0 Å². The molecule has 0 spiro atoms. The fourth-order valence-corrected chi connectivity index (χ4v) is 4.41. The summed E-state index contributed by atoms with van der Waals surface area (Å²) in [4.78, 5) is 36.2. The summed E-state index contributed by atoms with van der Waals surface area (Å²) in [6, 6.07) is 2.13. The number of nitrogens with zero attached hydrogens (tertiary/aromatic N) is 1. The summed E-state index contributed by atoms with van der Waals surface area (Å²) in [5, 5.41) is 9.45. The van der Waals surface area contributed by atoms with E-state index in [1.165, 1.54) is 0 Å². The molecule has 0 radical (unpaired) electrons. The van der Waals surface area contributed by atoms with Crippen LogP contribution in [-0.2, 0) is 28.6 Å². The first kappa shape index (κ1) is 17.7. The molecule has 0 aromatic carbocycles. The van der Waals surface area contributed by atoms with Gasteiger partial charge in [-0.05, 0) is 32.6 Å². The Morgan fingerprint density at radius 2 is 2.12 bits per heavy atom. The van der Waals surface area contributed by atoms with E-state index in [2.05, 4.69) is 6.07 Å². The van der Waals surface area contributed by atoms with Gasteiger partial charge in [0.05, 0.1) is 11.5 Å². The predicted octanol–water partition coefficient (Wildman–Crippen LogP) is 1.60. The van der Waals surface area contributed by atoms with Gasteiger partial charge < -0.3 is 14.2 Å². The van der Waals surface area contributed by atoms with Crippen LogP contribution < -0.4 is 0 Å². The Hall–Kier alpha value is -2.10. The van der Waals surface area contributed by atoms with E-state index in [9.17, 15) is 19.6 Å². The van der Waals surface area contributed by atoms with Gasteiger partial charge in [0.1, 0.15) is 12.2 Å². The van der Waals surface area contributed by atoms with E-state index >= 15 is 0 Å². The van der Waals surface area contributed by atoms with E-state index in [0.29, 0.717) is 12.8 Å². The van der Waals surface area contributed by atoms with Crippen molar-refractivity contribution in [1.29, 1.82) is 5.26 Å². The van der Waals surface area contributed by atoms with Crippen LogP contribution in [0.2, 0.25) is 0 Å². The van der Waals surface area contributed by atoms with Gasteiger partial charge in [0.25, 0.3) is 0 Å². The Kier molecular flexibility index (Phi) is 4.05. The maximum absolute atomic E-state index is 12.1. The van der Waals surface area contributed by atoms with E-state index in [0.717, 1.165) is 0 Å². The van der Waals surface area contributed by atoms with Crippen LogP contribution >= 0.6 is 0 Å². The van der Waals surface area contributed by atoms with Gasteiger partial charge in [-0.25, -0.2) is 4.79 Å². The molecule has 6 unspecified atom stereocenters. The van der Waals surface area contributed by atoms with Crippen LogP contribution in [0.3, 0.4) is 0 Å². The molecule has 25 heavy (non-hydrogen) atoms. The average molecular weight is 349 g/mol. The van der Waals surface area contributed by atoms with Crippen LogP contribution in [0.4, 0.5) is 0 Å². The quantitative estimate of drug-likeness (QED) is 0.548. The molecule has 3 rings (SSSR count). The Balaban J connectivity index is 1.62. The number of ether oxygens (including phenoxy) is 3. The second-order valence-electron chi connectivity index (χ2n) is 7.97. The SMILES string of the molecule is CCC(C)(C)C(=O)OCC(=O)OC1C2CC3(C#N)C(=O)OC1C3C2C. The maximum Gasteiger partial charge on any atom is 0.344 e. The number of rotatable bonds is 5. The van der Waals surface area contributed by atoms with Gasteiger partial charge in [0, 0.05) is 11.8 Å². The molecule has 136 valence electrons. The summed E-state index contributed by atoms with van der Waals surface area (Å²) in [5.74, 6) is -1.88. The third kappa shape index (κ3) is 2.42. The highest BCUT2D eigenvalue weighted by Gasteiger charge is 2.75. The molecule has 3 fully saturated rings. The highest BCUT2D eigenvalue weighted by atomic mass is 16.6. The van der Waals surface area contributed by atoms with Gasteiger partial charge in [0.2, 0.25) is 0 Å². The zero-order valence-corrected chi connectivity index (χ0v) is 14.9. The largest absolute Gasteiger partial charge is 0.457 e. The number of nitriles is 1. The fourth-order valence-electron chi connectivity index (χ4n) is 4.41. The lowest BCUT2D eigenvalue weighted by molar-refractivity contribution is -0.173. The van der Waals surface area contributed by atoms with Crippen molar-refractivity contribution in [2.45, 2.75) is 52.7 Å². The highest BCUT2D eigenvalue weighted by Crippen LogP contribution is 2.64. The van der Waals surface area contributed by atoms with Crippen molar-refractivity contribution < 1.29 is 28.6 Å². The molecule has 1 aliphatic heterocycles. The lowest BCUT2D eigenvalue weighted by Gasteiger charge is -2.27. The smallest absolute Gasteiger partial charge is 0.344 e. The summed E-state index contributed by atoms with van der Waals surface area (Å²) < 4.78 is 15.9. The first-order valence-corrected chi connectivity index (χ1v) is 8.67. The molecule has 2 aliphatic carbocycles. The van der Waals surface area contributed by atoms with Crippen LogP contribution in [0.5, 0.6) is 0 Å². The molecule has 0 amide bonds. The predicted molar refractivity (Wildman–Crippen MR) is 83.6 cm³/mol. The Morgan fingerprint density at radius 3 is 2.72 bits per heavy atom. The standard InChI is InChI=1S/C18H23NO6/c1-5-17(3,4)15(21)23-7-11(20)24-13-10-6-18(8-19)12(9(10)2)14(13)25-16(18)22/h9-10,12-14H,5-7H2,1-4H3. The summed E-state index contributed by atoms with van der Waals surface area (Å²) >= 11 is 0. The van der Waals surface area contributed by atoms with Crippen molar-refractivity contribution >= 4 is 17.9 Å². The van der Waals surface area contributed by atoms with Gasteiger partial charge in [-0.2, -0.15) is 5.26 Å². The molecule has 0 aromatic rings. The van der Waals surface area contributed by atoms with Crippen molar-refractivity contribution in [3.8, 4) is 6.07 Å². The minimum absolute atomic E-state index is 0.0653. The molecule has 7 heteroatoms. The summed E-state index contributed by atoms with van der Waals surface area (Å²) in [7, 11) is 0. The van der Waals surface area contributed by atoms with E-state index in [-0.39, 0.29) is 17.8 Å². The lowest BCUT2D eigenvalue weighted by atomic mass is 9.74. The minimum Gasteiger partial charge on any atom is -0.457 e. The van der Waals surface area contributed by atoms with Crippen molar-refractivity contribution in [2.24, 2.45) is 28.6 Å². The van der Waals surface area contributed by atoms with Gasteiger partial charge in [-0.1, -0.05) is 13.8 Å². The molecule has 0 aromatic heterocycles. The second kappa shape index (κ2) is 5.72. The maximum atomic E-state index is 12.1. The van der Waals surface area contributed by atoms with Gasteiger partial charge in [-0.15, -0.1) is 0 Å². The molecular formula is C18H23NO6. The normalized spacial score (nSPS) is 38.2. The molecule has 7 nitrogen and oxygen atoms in total. The summed E-state index contributed by atoms with van der Waals surface area (Å²) in [6.07, 6.45) is -0.199. The van der Waals surface area contributed by atoms with E-state index in [1.807, 2.05) is 13.8 Å². The Bertz CT molecular complexity index is 665. The number of hydrogen-bond acceptors (Lipinski definition) is 7. The molecule has 3 aliphatic rings. The van der Waals surface area contributed by atoms with Crippen LogP contribution in [0.25, 0.3) is 0 Å². The number of esters is 3. The van der Waals surface area contributed by atoms with E-state index < -0.39 is 47.6 Å². The molecule has 0 N–H and O–H groups in total. The molecule has 2 saturated carbocycles. The molecule has 1 heterocycles. The molecule has 6 atom stereocenters. The summed E-state index contributed by atoms with van der Waals surface area (Å²) in [6.45, 7) is 6.86. The highest BCUT2D eigenvalue weighted by molar-refractivity contribution is 5.85.